The molecular weight excluding hydrogens is 627 g/mol. The van der Waals surface area contributed by atoms with Gasteiger partial charge in [0, 0.05) is 31.7 Å². The van der Waals surface area contributed by atoms with Crippen LogP contribution in [-0.2, 0) is 15.4 Å². The number of aromatic nitrogens is 2. The average molecular weight is 672 g/mol. The largest absolute Gasteiger partial charge is 0.508 e. The first-order valence-electron chi connectivity index (χ1n) is 17.1. The van der Waals surface area contributed by atoms with E-state index in [9.17, 15) is 23.1 Å². The number of phenols is 1. The second-order valence-corrected chi connectivity index (χ2v) is 17.5. The van der Waals surface area contributed by atoms with Crippen LogP contribution in [0.3, 0.4) is 0 Å². The van der Waals surface area contributed by atoms with Crippen LogP contribution in [0.15, 0.2) is 54.6 Å². The molecule has 3 aromatic rings. The van der Waals surface area contributed by atoms with E-state index >= 15 is 0 Å². The zero-order chi connectivity index (χ0) is 33.8. The van der Waals surface area contributed by atoms with E-state index in [-0.39, 0.29) is 33.9 Å². The Morgan fingerprint density at radius 1 is 0.875 bits per heavy atom. The molecule has 1 aromatic heterocycles. The van der Waals surface area contributed by atoms with Gasteiger partial charge in [-0.25, -0.2) is 13.1 Å². The molecule has 8 rings (SSSR count). The van der Waals surface area contributed by atoms with E-state index in [2.05, 4.69) is 41.8 Å². The highest BCUT2D eigenvalue weighted by molar-refractivity contribution is 7.90. The molecule has 0 radical (unpaired) electrons. The van der Waals surface area contributed by atoms with Gasteiger partial charge in [-0.2, -0.15) is 0 Å². The highest BCUT2D eigenvalue weighted by atomic mass is 32.2. The summed E-state index contributed by atoms with van der Waals surface area (Å²) in [5.74, 6) is 1.81. The van der Waals surface area contributed by atoms with E-state index in [0.29, 0.717) is 55.3 Å². The smallest absolute Gasteiger partial charge is 0.285 e. The molecule has 4 aliphatic carbocycles. The predicted molar refractivity (Wildman–Crippen MR) is 184 cm³/mol. The predicted octanol–water partition coefficient (Wildman–Crippen LogP) is 5.39. The van der Waals surface area contributed by atoms with E-state index in [1.807, 2.05) is 28.0 Å². The molecule has 0 unspecified atom stereocenters. The van der Waals surface area contributed by atoms with Gasteiger partial charge in [-0.1, -0.05) is 39.0 Å². The molecule has 4 bridgehead atoms. The highest BCUT2D eigenvalue weighted by Gasteiger charge is 2.52. The van der Waals surface area contributed by atoms with Crippen molar-refractivity contribution in [2.75, 3.05) is 36.8 Å². The zero-order valence-electron chi connectivity index (χ0n) is 28.0. The van der Waals surface area contributed by atoms with Gasteiger partial charge in [-0.05, 0) is 120 Å². The third-order valence-corrected chi connectivity index (χ3v) is 12.4. The first-order chi connectivity index (χ1) is 22.7. The number of carbonyl (C=O) groups is 2. The van der Waals surface area contributed by atoms with Crippen molar-refractivity contribution in [3.05, 3.63) is 71.4 Å². The van der Waals surface area contributed by atoms with Crippen molar-refractivity contribution in [3.63, 3.8) is 0 Å². The molecule has 1 aliphatic heterocycles. The number of nitrogens with zero attached hydrogens (tertiary/aromatic N) is 4. The Hall–Kier alpha value is -3.99. The first kappa shape index (κ1) is 32.6. The number of phenolic OH excluding ortho intramolecular Hbond substituents is 1. The molecule has 2 amide bonds. The van der Waals surface area contributed by atoms with Crippen molar-refractivity contribution in [3.8, 4) is 16.9 Å². The van der Waals surface area contributed by atoms with Gasteiger partial charge in [0.2, 0.25) is 10.0 Å². The molecule has 0 spiro atoms. The number of nitrogens with one attached hydrogen (secondary N) is 1. The molecule has 0 atom stereocenters. The number of anilines is 1. The van der Waals surface area contributed by atoms with Crippen LogP contribution in [0.25, 0.3) is 11.1 Å². The first-order valence-corrected chi connectivity index (χ1v) is 18.8. The fourth-order valence-electron chi connectivity index (χ4n) is 9.07. The van der Waals surface area contributed by atoms with Crippen molar-refractivity contribution < 1.29 is 23.1 Å². The van der Waals surface area contributed by atoms with Gasteiger partial charge in [-0.3, -0.25) is 9.59 Å². The lowest BCUT2D eigenvalue weighted by molar-refractivity contribution is -0.0391. The molecule has 254 valence electrons. The van der Waals surface area contributed by atoms with Crippen molar-refractivity contribution in [2.45, 2.75) is 64.7 Å². The topological polar surface area (TPSA) is 133 Å². The number of carbonyl (C=O) groups excluding carboxylic acids is 2. The lowest BCUT2D eigenvalue weighted by atomic mass is 9.50. The summed E-state index contributed by atoms with van der Waals surface area (Å²) in [6.07, 6.45) is 6.53. The Bertz CT molecular complexity index is 1790. The molecule has 2 aromatic carbocycles. The average Bonchev–Trinajstić information content (AvgIpc) is 3.02. The molecule has 48 heavy (non-hydrogen) atoms. The van der Waals surface area contributed by atoms with E-state index in [4.69, 9.17) is 0 Å². The molecule has 10 nitrogen and oxygen atoms in total. The normalized spacial score (nSPS) is 25.3. The molecule has 5 fully saturated rings. The second-order valence-electron chi connectivity index (χ2n) is 15.8. The quantitative estimate of drug-likeness (QED) is 0.342. The van der Waals surface area contributed by atoms with Gasteiger partial charge in [-0.15, -0.1) is 10.2 Å². The maximum absolute atomic E-state index is 13.7. The molecular formula is C37H45N5O5S. The summed E-state index contributed by atoms with van der Waals surface area (Å²) in [6, 6.07) is 16.2. The summed E-state index contributed by atoms with van der Waals surface area (Å²) >= 11 is 0. The van der Waals surface area contributed by atoms with Crippen LogP contribution in [0, 0.1) is 23.2 Å². The molecule has 5 aliphatic rings. The number of piperazine rings is 1. The molecule has 2 N–H and O–H groups in total. The third kappa shape index (κ3) is 6.79. The maximum Gasteiger partial charge on any atom is 0.285 e. The fraction of sp³-hybridized carbons (Fsp3) is 0.514. The van der Waals surface area contributed by atoms with Crippen molar-refractivity contribution >= 4 is 27.7 Å². The van der Waals surface area contributed by atoms with Gasteiger partial charge >= 0.3 is 0 Å². The van der Waals surface area contributed by atoms with E-state index in [1.54, 1.807) is 24.3 Å². The minimum absolute atomic E-state index is 0.00140. The van der Waals surface area contributed by atoms with Gasteiger partial charge < -0.3 is 14.9 Å². The molecule has 2 heterocycles. The summed E-state index contributed by atoms with van der Waals surface area (Å²) in [7, 11) is -3.82. The highest BCUT2D eigenvalue weighted by Crippen LogP contribution is 2.60. The van der Waals surface area contributed by atoms with Crippen LogP contribution in [-0.4, -0.2) is 72.4 Å². The van der Waals surface area contributed by atoms with Crippen LogP contribution in [0.1, 0.15) is 85.7 Å². The molecule has 4 saturated carbocycles. The lowest BCUT2D eigenvalue weighted by Crippen LogP contribution is -2.51. The number of sulfonamides is 1. The van der Waals surface area contributed by atoms with Crippen LogP contribution in [0.5, 0.6) is 5.75 Å². The monoisotopic (exact) mass is 671 g/mol. The summed E-state index contributed by atoms with van der Waals surface area (Å²) in [6.45, 7) is 8.35. The fourth-order valence-corrected chi connectivity index (χ4v) is 10.7. The van der Waals surface area contributed by atoms with E-state index in [0.717, 1.165) is 36.0 Å². The lowest BCUT2D eigenvalue weighted by Gasteiger charge is -2.56. The van der Waals surface area contributed by atoms with Gasteiger partial charge in [0.05, 0.1) is 5.75 Å². The standard InChI is InChI=1S/C37H45N5O5S/c1-36(2,3)30-17-28(27-5-4-6-31(43)19-27)16-29(18-30)35(45)42-11-9-41(10-12-42)33-8-7-32(38-39-33)34(44)40-48(46,47)23-37-20-24-13-25(21-37)15-26(14-24)22-37/h4-8,16-19,24-26,43H,9-15,20-23H2,1-3H3,(H,40,44). The number of benzene rings is 2. The van der Waals surface area contributed by atoms with Gasteiger partial charge in [0.15, 0.2) is 11.5 Å². The Labute approximate surface area is 283 Å². The van der Waals surface area contributed by atoms with Crippen molar-refractivity contribution in [1.82, 2.24) is 19.8 Å². The van der Waals surface area contributed by atoms with Gasteiger partial charge in [0.25, 0.3) is 11.8 Å². The molecule has 11 heteroatoms. The summed E-state index contributed by atoms with van der Waals surface area (Å²) in [5, 5.41) is 18.4. The van der Waals surface area contributed by atoms with Crippen LogP contribution in [0.4, 0.5) is 5.82 Å². The maximum atomic E-state index is 13.7. The van der Waals surface area contributed by atoms with Crippen LogP contribution >= 0.6 is 0 Å². The number of amides is 2. The number of rotatable bonds is 7. The van der Waals surface area contributed by atoms with E-state index in [1.165, 1.54) is 25.3 Å². The third-order valence-electron chi connectivity index (χ3n) is 10.9. The Kier molecular flexibility index (Phi) is 8.25. The van der Waals surface area contributed by atoms with Crippen LogP contribution in [0.2, 0.25) is 0 Å². The number of aromatic hydroxyl groups is 1. The summed E-state index contributed by atoms with van der Waals surface area (Å²) < 4.78 is 28.6. The van der Waals surface area contributed by atoms with E-state index < -0.39 is 15.9 Å². The van der Waals surface area contributed by atoms with Gasteiger partial charge in [0.1, 0.15) is 5.75 Å². The Morgan fingerprint density at radius 2 is 1.54 bits per heavy atom. The number of hydrogen-bond acceptors (Lipinski definition) is 8. The van der Waals surface area contributed by atoms with Crippen LogP contribution < -0.4 is 9.62 Å². The second kappa shape index (κ2) is 12.2. The molecule has 1 saturated heterocycles. The SMILES string of the molecule is CC(C)(C)c1cc(C(=O)N2CCN(c3ccc(C(=O)NS(=O)(=O)CC45CC6CC(CC(C6)C4)C5)nn3)CC2)cc(-c2cccc(O)c2)c1. The van der Waals surface area contributed by atoms with Crippen molar-refractivity contribution in [2.24, 2.45) is 23.2 Å². The minimum atomic E-state index is -3.82. The minimum Gasteiger partial charge on any atom is -0.508 e. The Morgan fingerprint density at radius 3 is 2.12 bits per heavy atom. The Balaban J connectivity index is 0.974. The summed E-state index contributed by atoms with van der Waals surface area (Å²) in [5.41, 5.74) is 2.93. The summed E-state index contributed by atoms with van der Waals surface area (Å²) in [4.78, 5) is 30.5. The number of hydrogen-bond donors (Lipinski definition) is 2. The van der Waals surface area contributed by atoms with Crippen molar-refractivity contribution in [1.29, 1.82) is 0 Å². The zero-order valence-corrected chi connectivity index (χ0v) is 28.8.